The number of methoxy groups -OCH3 is 1. The molecule has 0 aliphatic carbocycles. The highest BCUT2D eigenvalue weighted by molar-refractivity contribution is 7.84. The van der Waals surface area contributed by atoms with Gasteiger partial charge in [0.15, 0.2) is 0 Å². The second-order valence-corrected chi connectivity index (χ2v) is 6.01. The van der Waals surface area contributed by atoms with Crippen LogP contribution in [-0.4, -0.2) is 45.1 Å². The molecule has 1 aromatic heterocycles. The quantitative estimate of drug-likeness (QED) is 0.724. The molecule has 112 valence electrons. The van der Waals surface area contributed by atoms with Crippen molar-refractivity contribution in [2.45, 2.75) is 13.5 Å². The lowest BCUT2D eigenvalue weighted by Crippen LogP contribution is -2.28. The SMILES string of the molecule is CCS(=O)CCNc1cnn(CC(=O)OC)c(=O)c1Cl. The minimum absolute atomic E-state index is 0.0637. The second kappa shape index (κ2) is 8.01. The molecule has 0 aliphatic heterocycles. The van der Waals surface area contributed by atoms with Crippen LogP contribution < -0.4 is 10.9 Å². The molecule has 1 rings (SSSR count). The maximum atomic E-state index is 11.9. The molecule has 1 unspecified atom stereocenters. The van der Waals surface area contributed by atoms with Gasteiger partial charge in [0.05, 0.1) is 19.0 Å². The van der Waals surface area contributed by atoms with Crippen molar-refractivity contribution in [1.29, 1.82) is 0 Å². The van der Waals surface area contributed by atoms with Gasteiger partial charge < -0.3 is 10.1 Å². The summed E-state index contributed by atoms with van der Waals surface area (Å²) >= 11 is 5.91. The first-order valence-corrected chi connectivity index (χ1v) is 7.77. The van der Waals surface area contributed by atoms with E-state index in [9.17, 15) is 13.8 Å². The van der Waals surface area contributed by atoms with Crippen molar-refractivity contribution in [3.05, 3.63) is 21.6 Å². The molecule has 0 aliphatic rings. The average molecular weight is 322 g/mol. The largest absolute Gasteiger partial charge is 0.468 e. The topological polar surface area (TPSA) is 90.3 Å². The third kappa shape index (κ3) is 4.61. The minimum Gasteiger partial charge on any atom is -0.468 e. The highest BCUT2D eigenvalue weighted by atomic mass is 35.5. The molecule has 1 atom stereocenters. The van der Waals surface area contributed by atoms with Crippen LogP contribution in [-0.2, 0) is 26.9 Å². The summed E-state index contributed by atoms with van der Waals surface area (Å²) in [5.41, 5.74) is -0.232. The predicted molar refractivity (Wildman–Crippen MR) is 77.6 cm³/mol. The summed E-state index contributed by atoms with van der Waals surface area (Å²) in [6.07, 6.45) is 1.35. The van der Waals surface area contributed by atoms with Crippen LogP contribution in [0.25, 0.3) is 0 Å². The van der Waals surface area contributed by atoms with E-state index >= 15 is 0 Å². The van der Waals surface area contributed by atoms with Gasteiger partial charge in [-0.3, -0.25) is 13.8 Å². The number of halogens is 1. The summed E-state index contributed by atoms with van der Waals surface area (Å²) in [5.74, 6) is 0.446. The van der Waals surface area contributed by atoms with E-state index in [0.717, 1.165) is 4.68 Å². The molecular weight excluding hydrogens is 306 g/mol. The van der Waals surface area contributed by atoms with Crippen LogP contribution in [0.1, 0.15) is 6.92 Å². The van der Waals surface area contributed by atoms with Gasteiger partial charge in [0.1, 0.15) is 11.6 Å². The van der Waals surface area contributed by atoms with Crippen molar-refractivity contribution in [2.24, 2.45) is 0 Å². The summed E-state index contributed by atoms with van der Waals surface area (Å²) in [6.45, 7) is 1.95. The zero-order valence-corrected chi connectivity index (χ0v) is 12.8. The predicted octanol–water partition coefficient (Wildman–Crippen LogP) is 0.250. The Morgan fingerprint density at radius 3 is 2.90 bits per heavy atom. The first-order chi connectivity index (χ1) is 9.49. The van der Waals surface area contributed by atoms with Crippen LogP contribution in [0.4, 0.5) is 5.69 Å². The molecule has 1 N–H and O–H groups in total. The van der Waals surface area contributed by atoms with E-state index in [1.165, 1.54) is 13.3 Å². The number of carbonyl (C=O) groups is 1. The highest BCUT2D eigenvalue weighted by Crippen LogP contribution is 2.14. The molecule has 0 bridgehead atoms. The van der Waals surface area contributed by atoms with Crippen molar-refractivity contribution in [1.82, 2.24) is 9.78 Å². The number of rotatable bonds is 7. The number of esters is 1. The first-order valence-electron chi connectivity index (χ1n) is 5.90. The fraction of sp³-hybridized carbons (Fsp3) is 0.545. The van der Waals surface area contributed by atoms with Gasteiger partial charge in [0.25, 0.3) is 5.56 Å². The standard InChI is InChI=1S/C11H16ClN3O4S/c1-3-20(18)5-4-13-8-6-14-15(7-9(16)19-2)11(17)10(8)12/h6,13H,3-5,7H2,1-2H3. The Balaban J connectivity index is 2.76. The fourth-order valence-corrected chi connectivity index (χ4v) is 2.16. The molecular formula is C11H16ClN3O4S. The summed E-state index contributed by atoms with van der Waals surface area (Å²) in [7, 11) is 0.324. The molecule has 7 nitrogen and oxygen atoms in total. The van der Waals surface area contributed by atoms with Gasteiger partial charge >= 0.3 is 5.97 Å². The van der Waals surface area contributed by atoms with E-state index in [0.29, 0.717) is 23.7 Å². The number of anilines is 1. The normalized spacial score (nSPS) is 11.9. The molecule has 0 fully saturated rings. The smallest absolute Gasteiger partial charge is 0.327 e. The van der Waals surface area contributed by atoms with E-state index in [1.54, 1.807) is 0 Å². The fourth-order valence-electron chi connectivity index (χ4n) is 1.33. The van der Waals surface area contributed by atoms with Gasteiger partial charge in [-0.05, 0) is 0 Å². The molecule has 0 saturated heterocycles. The number of nitrogens with one attached hydrogen (secondary N) is 1. The van der Waals surface area contributed by atoms with Gasteiger partial charge in [0.2, 0.25) is 0 Å². The molecule has 20 heavy (non-hydrogen) atoms. The number of aromatic nitrogens is 2. The lowest BCUT2D eigenvalue weighted by Gasteiger charge is -2.09. The molecule has 0 radical (unpaired) electrons. The van der Waals surface area contributed by atoms with Crippen LogP contribution >= 0.6 is 11.6 Å². The molecule has 1 aromatic rings. The van der Waals surface area contributed by atoms with E-state index in [1.807, 2.05) is 6.92 Å². The van der Waals surface area contributed by atoms with Crippen LogP contribution in [0, 0.1) is 0 Å². The van der Waals surface area contributed by atoms with Crippen molar-refractivity contribution in [3.8, 4) is 0 Å². The van der Waals surface area contributed by atoms with Crippen molar-refractivity contribution in [3.63, 3.8) is 0 Å². The molecule has 0 aromatic carbocycles. The van der Waals surface area contributed by atoms with Gasteiger partial charge in [-0.1, -0.05) is 18.5 Å². The molecule has 1 heterocycles. The summed E-state index contributed by atoms with van der Waals surface area (Å²) < 4.78 is 16.6. The lowest BCUT2D eigenvalue weighted by atomic mass is 10.4. The van der Waals surface area contributed by atoms with E-state index in [4.69, 9.17) is 11.6 Å². The number of nitrogens with zero attached hydrogens (tertiary/aromatic N) is 2. The Hall–Kier alpha value is -1.41. The molecule has 9 heteroatoms. The van der Waals surface area contributed by atoms with Crippen LogP contribution in [0.15, 0.2) is 11.0 Å². The number of hydrogen-bond acceptors (Lipinski definition) is 6. The molecule has 0 spiro atoms. The monoisotopic (exact) mass is 321 g/mol. The Morgan fingerprint density at radius 2 is 2.30 bits per heavy atom. The van der Waals surface area contributed by atoms with Gasteiger partial charge in [-0.2, -0.15) is 5.10 Å². The van der Waals surface area contributed by atoms with E-state index in [2.05, 4.69) is 15.2 Å². The number of ether oxygens (including phenoxy) is 1. The first kappa shape index (κ1) is 16.6. The average Bonchev–Trinajstić information content (AvgIpc) is 2.45. The summed E-state index contributed by atoms with van der Waals surface area (Å²) in [5, 5.41) is 6.66. The zero-order chi connectivity index (χ0) is 15.1. The maximum Gasteiger partial charge on any atom is 0.327 e. The highest BCUT2D eigenvalue weighted by Gasteiger charge is 2.12. The number of carbonyl (C=O) groups excluding carboxylic acids is 1. The molecule has 0 saturated carbocycles. The summed E-state index contributed by atoms with van der Waals surface area (Å²) in [4.78, 5) is 23.0. The van der Waals surface area contributed by atoms with Crippen molar-refractivity contribution in [2.75, 3.05) is 30.5 Å². The lowest BCUT2D eigenvalue weighted by molar-refractivity contribution is -0.141. The maximum absolute atomic E-state index is 11.9. The minimum atomic E-state index is -0.897. The van der Waals surface area contributed by atoms with Crippen molar-refractivity contribution < 1.29 is 13.7 Å². The van der Waals surface area contributed by atoms with Gasteiger partial charge in [-0.25, -0.2) is 4.68 Å². The van der Waals surface area contributed by atoms with Crippen molar-refractivity contribution >= 4 is 34.1 Å². The Kier molecular flexibility index (Phi) is 6.66. The van der Waals surface area contributed by atoms with E-state index in [-0.39, 0.29) is 11.6 Å². The van der Waals surface area contributed by atoms with Gasteiger partial charge in [-0.15, -0.1) is 0 Å². The van der Waals surface area contributed by atoms with Crippen LogP contribution in [0.5, 0.6) is 0 Å². The second-order valence-electron chi connectivity index (χ2n) is 3.77. The molecule has 0 amide bonds. The van der Waals surface area contributed by atoms with Crippen LogP contribution in [0.2, 0.25) is 5.02 Å². The third-order valence-corrected chi connectivity index (χ3v) is 4.13. The van der Waals surface area contributed by atoms with Crippen LogP contribution in [0.3, 0.4) is 0 Å². The third-order valence-electron chi connectivity index (χ3n) is 2.46. The van der Waals surface area contributed by atoms with Gasteiger partial charge in [0, 0.05) is 28.9 Å². The Labute approximate surface area is 123 Å². The summed E-state index contributed by atoms with van der Waals surface area (Å²) in [6, 6.07) is 0. The Morgan fingerprint density at radius 1 is 1.60 bits per heavy atom. The zero-order valence-electron chi connectivity index (χ0n) is 11.2. The number of hydrogen-bond donors (Lipinski definition) is 1. The van der Waals surface area contributed by atoms with E-state index < -0.39 is 22.3 Å². The Bertz CT molecular complexity index is 561.